The van der Waals surface area contributed by atoms with Gasteiger partial charge in [0.05, 0.1) is 16.8 Å². The van der Waals surface area contributed by atoms with Gasteiger partial charge < -0.3 is 10.1 Å². The zero-order valence-electron chi connectivity index (χ0n) is 12.8. The number of hydrogen-bond acceptors (Lipinski definition) is 4. The number of ether oxygens (including phenoxy) is 1. The summed E-state index contributed by atoms with van der Waals surface area (Å²) in [6.45, 7) is 4.79. The van der Waals surface area contributed by atoms with E-state index in [0.717, 1.165) is 32.9 Å². The normalized spacial score (nSPS) is 11.0. The summed E-state index contributed by atoms with van der Waals surface area (Å²) >= 11 is 3.59. The van der Waals surface area contributed by atoms with E-state index in [4.69, 9.17) is 9.72 Å². The molecule has 2 rings (SSSR count). The number of hydrogen-bond donors (Lipinski definition) is 1. The maximum absolute atomic E-state index is 5.27. The maximum atomic E-state index is 5.27. The highest BCUT2D eigenvalue weighted by Crippen LogP contribution is 2.32. The van der Waals surface area contributed by atoms with E-state index in [1.807, 2.05) is 31.3 Å². The second-order valence-electron chi connectivity index (χ2n) is 5.09. The minimum absolute atomic E-state index is 0.308. The molecule has 1 aromatic carbocycles. The fourth-order valence-electron chi connectivity index (χ4n) is 2.15. The first-order chi connectivity index (χ1) is 10.1. The van der Waals surface area contributed by atoms with E-state index in [0.29, 0.717) is 12.5 Å². The Hall–Kier alpha value is -1.46. The Morgan fingerprint density at radius 3 is 2.57 bits per heavy atom. The maximum Gasteiger partial charge on any atom is 0.162 e. The largest absolute Gasteiger partial charge is 0.380 e. The van der Waals surface area contributed by atoms with Crippen molar-refractivity contribution in [1.29, 1.82) is 0 Å². The van der Waals surface area contributed by atoms with Crippen molar-refractivity contribution in [2.45, 2.75) is 26.4 Å². The van der Waals surface area contributed by atoms with E-state index < -0.39 is 0 Å². The molecule has 2 aromatic rings. The molecule has 0 atom stereocenters. The van der Waals surface area contributed by atoms with Crippen molar-refractivity contribution < 1.29 is 4.74 Å². The van der Waals surface area contributed by atoms with Gasteiger partial charge in [-0.05, 0) is 27.4 Å². The van der Waals surface area contributed by atoms with Crippen LogP contribution in [0.5, 0.6) is 0 Å². The van der Waals surface area contributed by atoms with Crippen LogP contribution in [0.1, 0.15) is 31.0 Å². The molecule has 0 fully saturated rings. The molecule has 0 amide bonds. The molecule has 0 saturated carbocycles. The number of nitrogens with zero attached hydrogens (tertiary/aromatic N) is 2. The highest BCUT2D eigenvalue weighted by Gasteiger charge is 2.16. The van der Waals surface area contributed by atoms with E-state index in [1.165, 1.54) is 0 Å². The Morgan fingerprint density at radius 1 is 1.24 bits per heavy atom. The number of anilines is 1. The first-order valence-electron chi connectivity index (χ1n) is 6.90. The Morgan fingerprint density at radius 2 is 1.95 bits per heavy atom. The summed E-state index contributed by atoms with van der Waals surface area (Å²) in [7, 11) is 3.56. The molecule has 0 unspecified atom stereocenters. The summed E-state index contributed by atoms with van der Waals surface area (Å²) in [5.41, 5.74) is 3.08. The Labute approximate surface area is 134 Å². The lowest BCUT2D eigenvalue weighted by Crippen LogP contribution is -2.05. The van der Waals surface area contributed by atoms with Crippen molar-refractivity contribution in [3.8, 4) is 11.4 Å². The molecular formula is C16H20BrN3O. The molecule has 1 aromatic heterocycles. The smallest absolute Gasteiger partial charge is 0.162 e. The van der Waals surface area contributed by atoms with Crippen molar-refractivity contribution in [2.24, 2.45) is 0 Å². The molecule has 1 N–H and O–H groups in total. The summed E-state index contributed by atoms with van der Waals surface area (Å²) in [5, 5.41) is 3.12. The minimum Gasteiger partial charge on any atom is -0.380 e. The monoisotopic (exact) mass is 349 g/mol. The van der Waals surface area contributed by atoms with Crippen LogP contribution in [0, 0.1) is 0 Å². The number of rotatable bonds is 5. The summed E-state index contributed by atoms with van der Waals surface area (Å²) in [4.78, 5) is 9.36. The lowest BCUT2D eigenvalue weighted by atomic mass is 10.1. The molecule has 0 spiro atoms. The average molecular weight is 350 g/mol. The van der Waals surface area contributed by atoms with Crippen molar-refractivity contribution in [2.75, 3.05) is 19.5 Å². The van der Waals surface area contributed by atoms with E-state index in [2.05, 4.69) is 40.1 Å². The number of methoxy groups -OCH3 is 1. The average Bonchev–Trinajstić information content (AvgIpc) is 2.48. The van der Waals surface area contributed by atoms with Gasteiger partial charge in [0, 0.05) is 19.7 Å². The summed E-state index contributed by atoms with van der Waals surface area (Å²) in [6.07, 6.45) is 0. The van der Waals surface area contributed by atoms with Gasteiger partial charge in [-0.25, -0.2) is 9.97 Å². The molecule has 0 saturated heterocycles. The van der Waals surface area contributed by atoms with Crippen molar-refractivity contribution >= 4 is 21.7 Å². The summed E-state index contributed by atoms with van der Waals surface area (Å²) < 4.78 is 6.19. The van der Waals surface area contributed by atoms with Gasteiger partial charge in [-0.15, -0.1) is 0 Å². The first-order valence-corrected chi connectivity index (χ1v) is 7.70. The molecule has 4 nitrogen and oxygen atoms in total. The lowest BCUT2D eigenvalue weighted by molar-refractivity contribution is 0.185. The highest BCUT2D eigenvalue weighted by atomic mass is 79.9. The molecule has 21 heavy (non-hydrogen) atoms. The van der Waals surface area contributed by atoms with Crippen LogP contribution in [-0.4, -0.2) is 24.1 Å². The van der Waals surface area contributed by atoms with Gasteiger partial charge in [0.25, 0.3) is 0 Å². The van der Waals surface area contributed by atoms with Crippen molar-refractivity contribution in [3.63, 3.8) is 0 Å². The summed E-state index contributed by atoms with van der Waals surface area (Å²) in [5.74, 6) is 1.83. The Kier molecular flexibility index (Phi) is 5.31. The van der Waals surface area contributed by atoms with Crippen LogP contribution in [0.3, 0.4) is 0 Å². The van der Waals surface area contributed by atoms with Gasteiger partial charge in [0.1, 0.15) is 5.82 Å². The molecule has 0 radical (unpaired) electrons. The molecule has 0 aliphatic carbocycles. The zero-order valence-corrected chi connectivity index (χ0v) is 14.4. The van der Waals surface area contributed by atoms with Gasteiger partial charge in [0.2, 0.25) is 0 Å². The Balaban J connectivity index is 2.61. The third-order valence-electron chi connectivity index (χ3n) is 3.22. The minimum atomic E-state index is 0.308. The number of aromatic nitrogens is 2. The molecule has 1 heterocycles. The molecular weight excluding hydrogens is 330 g/mol. The van der Waals surface area contributed by atoms with Gasteiger partial charge >= 0.3 is 0 Å². The lowest BCUT2D eigenvalue weighted by Gasteiger charge is -2.15. The van der Waals surface area contributed by atoms with Gasteiger partial charge in [-0.3, -0.25) is 0 Å². The SMILES string of the molecule is CNc1nc(-c2ccccc2COC)nc(C(C)C)c1Br. The topological polar surface area (TPSA) is 47.0 Å². The van der Waals surface area contributed by atoms with Crippen LogP contribution in [0.25, 0.3) is 11.4 Å². The van der Waals surface area contributed by atoms with E-state index in [1.54, 1.807) is 7.11 Å². The molecule has 0 aliphatic heterocycles. The highest BCUT2D eigenvalue weighted by molar-refractivity contribution is 9.10. The van der Waals surface area contributed by atoms with E-state index in [-0.39, 0.29) is 0 Å². The molecule has 0 bridgehead atoms. The number of benzene rings is 1. The predicted molar refractivity (Wildman–Crippen MR) is 89.5 cm³/mol. The van der Waals surface area contributed by atoms with Crippen LogP contribution in [0.15, 0.2) is 28.7 Å². The fraction of sp³-hybridized carbons (Fsp3) is 0.375. The second kappa shape index (κ2) is 7.00. The number of nitrogens with one attached hydrogen (secondary N) is 1. The van der Waals surface area contributed by atoms with Crippen molar-refractivity contribution in [1.82, 2.24) is 9.97 Å². The second-order valence-corrected chi connectivity index (χ2v) is 5.88. The van der Waals surface area contributed by atoms with E-state index in [9.17, 15) is 0 Å². The van der Waals surface area contributed by atoms with Gasteiger partial charge in [-0.2, -0.15) is 0 Å². The molecule has 112 valence electrons. The Bertz CT molecular complexity index is 629. The zero-order chi connectivity index (χ0) is 15.4. The summed E-state index contributed by atoms with van der Waals surface area (Å²) in [6, 6.07) is 8.06. The van der Waals surface area contributed by atoms with E-state index >= 15 is 0 Å². The van der Waals surface area contributed by atoms with Crippen LogP contribution in [-0.2, 0) is 11.3 Å². The van der Waals surface area contributed by atoms with Crippen LogP contribution >= 0.6 is 15.9 Å². The van der Waals surface area contributed by atoms with Crippen molar-refractivity contribution in [3.05, 3.63) is 40.0 Å². The fourth-order valence-corrected chi connectivity index (χ4v) is 2.99. The molecule has 0 aliphatic rings. The third kappa shape index (κ3) is 3.41. The van der Waals surface area contributed by atoms with Gasteiger partial charge in [-0.1, -0.05) is 38.1 Å². The van der Waals surface area contributed by atoms with Crippen LogP contribution < -0.4 is 5.32 Å². The first kappa shape index (κ1) is 15.9. The number of halogens is 1. The predicted octanol–water partition coefficient (Wildman–Crippen LogP) is 4.22. The van der Waals surface area contributed by atoms with Crippen LogP contribution in [0.2, 0.25) is 0 Å². The third-order valence-corrected chi connectivity index (χ3v) is 4.00. The quantitative estimate of drug-likeness (QED) is 0.877. The van der Waals surface area contributed by atoms with Gasteiger partial charge in [0.15, 0.2) is 5.82 Å². The molecule has 5 heteroatoms. The standard InChI is InChI=1S/C16H20BrN3O/c1-10(2)14-13(17)16(18-3)20-15(19-14)12-8-6-5-7-11(12)9-21-4/h5-8,10H,9H2,1-4H3,(H,18,19,20). The van der Waals surface area contributed by atoms with Crippen LogP contribution in [0.4, 0.5) is 5.82 Å².